The third kappa shape index (κ3) is 9.11. The van der Waals surface area contributed by atoms with Crippen molar-refractivity contribution in [3.8, 4) is 0 Å². The summed E-state index contributed by atoms with van der Waals surface area (Å²) in [6, 6.07) is 5.19. The molecule has 2 aliphatic carbocycles. The molecule has 0 aromatic heterocycles. The van der Waals surface area contributed by atoms with Crippen molar-refractivity contribution in [1.82, 2.24) is 0 Å². The topological polar surface area (TPSA) is 52.0 Å². The highest BCUT2D eigenvalue weighted by molar-refractivity contribution is 5.44. The van der Waals surface area contributed by atoms with E-state index in [2.05, 4.69) is 65.1 Å². The van der Waals surface area contributed by atoms with Crippen LogP contribution >= 0.6 is 0 Å². The summed E-state index contributed by atoms with van der Waals surface area (Å²) >= 11 is 0. The van der Waals surface area contributed by atoms with Crippen molar-refractivity contribution >= 4 is 0 Å². The zero-order valence-corrected chi connectivity index (χ0v) is 24.6. The molecule has 2 heteroatoms. The van der Waals surface area contributed by atoms with Crippen molar-refractivity contribution in [3.05, 3.63) is 82.5 Å². The largest absolute Gasteiger partial charge is 0.327 e. The van der Waals surface area contributed by atoms with Gasteiger partial charge in [0.05, 0.1) is 0 Å². The molecular formula is C35H56N2. The summed E-state index contributed by atoms with van der Waals surface area (Å²) in [7, 11) is 0. The van der Waals surface area contributed by atoms with E-state index in [4.69, 9.17) is 11.5 Å². The van der Waals surface area contributed by atoms with E-state index in [0.29, 0.717) is 6.04 Å². The molecule has 0 amide bonds. The first kappa shape index (κ1) is 31.3. The summed E-state index contributed by atoms with van der Waals surface area (Å²) in [5.74, 6) is 0.271. The minimum absolute atomic E-state index is 0.0514. The summed E-state index contributed by atoms with van der Waals surface area (Å²) in [5, 5.41) is 0. The van der Waals surface area contributed by atoms with E-state index < -0.39 is 0 Å². The molecule has 1 aromatic carbocycles. The third-order valence-electron chi connectivity index (χ3n) is 7.88. The van der Waals surface area contributed by atoms with E-state index >= 15 is 0 Å². The fraction of sp³-hybridized carbons (Fsp3) is 0.600. The van der Waals surface area contributed by atoms with Gasteiger partial charge in [-0.05, 0) is 97.6 Å². The lowest BCUT2D eigenvalue weighted by Crippen LogP contribution is -2.34. The quantitative estimate of drug-likeness (QED) is 0.208. The van der Waals surface area contributed by atoms with Crippen molar-refractivity contribution in [1.29, 1.82) is 0 Å². The Labute approximate surface area is 229 Å². The van der Waals surface area contributed by atoms with Crippen LogP contribution in [0.5, 0.6) is 0 Å². The predicted octanol–water partition coefficient (Wildman–Crippen LogP) is 8.72. The van der Waals surface area contributed by atoms with Crippen LogP contribution in [0, 0.1) is 5.92 Å². The summed E-state index contributed by atoms with van der Waals surface area (Å²) in [4.78, 5) is 0. The molecule has 0 saturated carbocycles. The minimum Gasteiger partial charge on any atom is -0.327 e. The van der Waals surface area contributed by atoms with Gasteiger partial charge in [0, 0.05) is 18.0 Å². The molecule has 0 fully saturated rings. The van der Waals surface area contributed by atoms with Gasteiger partial charge < -0.3 is 11.5 Å². The average Bonchev–Trinajstić information content (AvgIpc) is 2.87. The van der Waals surface area contributed by atoms with Crippen molar-refractivity contribution < 1.29 is 0 Å². The maximum atomic E-state index is 6.72. The van der Waals surface area contributed by atoms with Crippen LogP contribution in [0.25, 0.3) is 0 Å². The van der Waals surface area contributed by atoms with Crippen LogP contribution in [0.2, 0.25) is 0 Å². The summed E-state index contributed by atoms with van der Waals surface area (Å²) in [6.45, 7) is 17.1. The zero-order chi connectivity index (χ0) is 27.2. The lowest BCUT2D eigenvalue weighted by atomic mass is 9.78. The second-order valence-corrected chi connectivity index (χ2v) is 11.2. The Morgan fingerprint density at radius 1 is 1.00 bits per heavy atom. The highest BCUT2D eigenvalue weighted by atomic mass is 14.7. The average molecular weight is 505 g/mol. The number of rotatable bonds is 13. The smallest absolute Gasteiger partial charge is 0.0364 e. The SMILES string of the molecule is C=CCC1=C(CCCCCc2ccc3c(c2CCC)CC(N)CC3)C=CC(C(=C)CCC)C1N.CCC. The second-order valence-electron chi connectivity index (χ2n) is 11.2. The van der Waals surface area contributed by atoms with Gasteiger partial charge in [-0.3, -0.25) is 0 Å². The van der Waals surface area contributed by atoms with Crippen LogP contribution in [0.3, 0.4) is 0 Å². The molecule has 37 heavy (non-hydrogen) atoms. The molecule has 3 atom stereocenters. The molecule has 4 N–H and O–H groups in total. The van der Waals surface area contributed by atoms with E-state index in [1.807, 2.05) is 6.08 Å². The van der Waals surface area contributed by atoms with Gasteiger partial charge in [-0.2, -0.15) is 0 Å². The summed E-state index contributed by atoms with van der Waals surface area (Å²) < 4.78 is 0. The van der Waals surface area contributed by atoms with Crippen LogP contribution in [-0.4, -0.2) is 12.1 Å². The number of benzene rings is 1. The van der Waals surface area contributed by atoms with Gasteiger partial charge in [0.25, 0.3) is 0 Å². The molecular weight excluding hydrogens is 448 g/mol. The van der Waals surface area contributed by atoms with Crippen molar-refractivity contribution in [2.24, 2.45) is 17.4 Å². The predicted molar refractivity (Wildman–Crippen MR) is 165 cm³/mol. The highest BCUT2D eigenvalue weighted by Crippen LogP contribution is 2.34. The molecule has 0 spiro atoms. The van der Waals surface area contributed by atoms with E-state index in [1.54, 1.807) is 22.3 Å². The minimum atomic E-state index is 0.0514. The van der Waals surface area contributed by atoms with E-state index in [0.717, 1.165) is 44.9 Å². The fourth-order valence-corrected chi connectivity index (χ4v) is 6.01. The van der Waals surface area contributed by atoms with Gasteiger partial charge >= 0.3 is 0 Å². The maximum Gasteiger partial charge on any atom is 0.0364 e. The first-order chi connectivity index (χ1) is 17.9. The molecule has 1 aromatic rings. The van der Waals surface area contributed by atoms with Gasteiger partial charge in [0.15, 0.2) is 0 Å². The first-order valence-corrected chi connectivity index (χ1v) is 15.2. The normalized spacial score (nSPS) is 20.8. The van der Waals surface area contributed by atoms with Gasteiger partial charge in [0.2, 0.25) is 0 Å². The lowest BCUT2D eigenvalue weighted by molar-refractivity contribution is 0.569. The number of aryl methyl sites for hydroxylation is 2. The van der Waals surface area contributed by atoms with E-state index in [1.165, 1.54) is 61.7 Å². The van der Waals surface area contributed by atoms with E-state index in [-0.39, 0.29) is 12.0 Å². The molecule has 0 bridgehead atoms. The second kappa shape index (κ2) is 16.8. The van der Waals surface area contributed by atoms with Gasteiger partial charge in [-0.1, -0.05) is 95.9 Å². The number of hydrogen-bond acceptors (Lipinski definition) is 2. The number of fused-ring (bicyclic) bond motifs is 1. The Morgan fingerprint density at radius 3 is 2.41 bits per heavy atom. The van der Waals surface area contributed by atoms with Crippen molar-refractivity contribution in [3.63, 3.8) is 0 Å². The highest BCUT2D eigenvalue weighted by Gasteiger charge is 2.26. The third-order valence-corrected chi connectivity index (χ3v) is 7.88. The summed E-state index contributed by atoms with van der Waals surface area (Å²) in [6.07, 6.45) is 22.7. The Kier molecular flexibility index (Phi) is 14.3. The maximum absolute atomic E-state index is 6.72. The number of nitrogens with two attached hydrogens (primary N) is 2. The molecule has 206 valence electrons. The summed E-state index contributed by atoms with van der Waals surface area (Å²) in [5.41, 5.74) is 23.4. The first-order valence-electron chi connectivity index (χ1n) is 15.2. The van der Waals surface area contributed by atoms with Crippen molar-refractivity contribution in [2.45, 2.75) is 130 Å². The molecule has 2 aliphatic rings. The number of unbranched alkanes of at least 4 members (excludes halogenated alkanes) is 2. The Hall–Kier alpha value is -1.90. The fourth-order valence-electron chi connectivity index (χ4n) is 6.01. The van der Waals surface area contributed by atoms with Crippen LogP contribution in [-0.2, 0) is 25.7 Å². The number of hydrogen-bond donors (Lipinski definition) is 2. The van der Waals surface area contributed by atoms with Crippen LogP contribution in [0.4, 0.5) is 0 Å². The molecule has 0 radical (unpaired) electrons. The molecule has 0 saturated heterocycles. The Bertz CT molecular complexity index is 919. The Morgan fingerprint density at radius 2 is 1.73 bits per heavy atom. The molecule has 0 aliphatic heterocycles. The monoisotopic (exact) mass is 504 g/mol. The lowest BCUT2D eigenvalue weighted by Gasteiger charge is -2.30. The van der Waals surface area contributed by atoms with Gasteiger partial charge in [-0.25, -0.2) is 0 Å². The van der Waals surface area contributed by atoms with E-state index in [9.17, 15) is 0 Å². The van der Waals surface area contributed by atoms with Crippen molar-refractivity contribution in [2.75, 3.05) is 0 Å². The van der Waals surface area contributed by atoms with Gasteiger partial charge in [0.1, 0.15) is 0 Å². The molecule has 3 unspecified atom stereocenters. The van der Waals surface area contributed by atoms with Crippen LogP contribution < -0.4 is 11.5 Å². The number of allylic oxidation sites excluding steroid dienone is 3. The standard InChI is InChI=1S/C32H48N2.C3H8/c1-5-11-23(4)28-21-19-25(30(13-7-3)32(28)34)15-10-8-9-14-24-16-17-26-18-20-27(33)22-31(26)29(24)12-6-2;1-3-2/h7,16-17,19,21,27-28,32H,3-6,8-15,18,20,22,33-34H2,1-2H3;3H2,1-2H3. The molecule has 2 nitrogen and oxygen atoms in total. The van der Waals surface area contributed by atoms with Gasteiger partial charge in [-0.15, -0.1) is 6.58 Å². The molecule has 0 heterocycles. The zero-order valence-electron chi connectivity index (χ0n) is 24.6. The van der Waals surface area contributed by atoms with Crippen LogP contribution in [0.15, 0.2) is 60.2 Å². The Balaban J connectivity index is 0.00000153. The van der Waals surface area contributed by atoms with Crippen LogP contribution in [0.1, 0.15) is 114 Å². The molecule has 3 rings (SSSR count).